The highest BCUT2D eigenvalue weighted by atomic mass is 32.2. The quantitative estimate of drug-likeness (QED) is 0.894. The van der Waals surface area contributed by atoms with Gasteiger partial charge in [-0.2, -0.15) is 0 Å². The van der Waals surface area contributed by atoms with Crippen LogP contribution in [0.5, 0.6) is 0 Å². The molecule has 126 valence electrons. The average Bonchev–Trinajstić information content (AvgIpc) is 2.93. The Labute approximate surface area is 141 Å². The molecule has 1 aliphatic rings. The highest BCUT2D eigenvalue weighted by Crippen LogP contribution is 2.40. The van der Waals surface area contributed by atoms with E-state index in [4.69, 9.17) is 4.74 Å². The molecule has 0 bridgehead atoms. The first-order chi connectivity index (χ1) is 10.8. The fraction of sp³-hybridized carbons (Fsp3) is 0.529. The monoisotopic (exact) mass is 337 g/mol. The Morgan fingerprint density at radius 1 is 1.30 bits per heavy atom. The van der Waals surface area contributed by atoms with Crippen molar-refractivity contribution in [2.24, 2.45) is 5.41 Å². The lowest BCUT2D eigenvalue weighted by Crippen LogP contribution is -2.50. The summed E-state index contributed by atoms with van der Waals surface area (Å²) in [6.07, 6.45) is 0. The average molecular weight is 337 g/mol. The summed E-state index contributed by atoms with van der Waals surface area (Å²) in [5, 5.41) is 9.22. The van der Waals surface area contributed by atoms with Gasteiger partial charge in [-0.25, -0.2) is 4.79 Å². The first-order valence-corrected chi connectivity index (χ1v) is 8.63. The molecular formula is C17H23NO4S. The van der Waals surface area contributed by atoms with Gasteiger partial charge in [0.25, 0.3) is 0 Å². The predicted molar refractivity (Wildman–Crippen MR) is 90.1 cm³/mol. The summed E-state index contributed by atoms with van der Waals surface area (Å²) in [6.45, 7) is 6.28. The van der Waals surface area contributed by atoms with Crippen LogP contribution in [0.4, 0.5) is 0 Å². The largest absolute Gasteiger partial charge is 0.480 e. The van der Waals surface area contributed by atoms with E-state index in [1.165, 1.54) is 16.7 Å². The highest BCUT2D eigenvalue weighted by molar-refractivity contribution is 8.00. The van der Waals surface area contributed by atoms with Crippen molar-refractivity contribution < 1.29 is 19.4 Å². The zero-order chi connectivity index (χ0) is 17.0. The number of amides is 1. The number of carbonyl (C=O) groups excluding carboxylic acids is 1. The Bertz CT molecular complexity index is 555. The van der Waals surface area contributed by atoms with E-state index in [2.05, 4.69) is 0 Å². The van der Waals surface area contributed by atoms with E-state index in [1.54, 1.807) is 0 Å². The molecule has 1 aromatic carbocycles. The van der Waals surface area contributed by atoms with Crippen molar-refractivity contribution in [1.29, 1.82) is 0 Å². The van der Waals surface area contributed by atoms with E-state index >= 15 is 0 Å². The zero-order valence-electron chi connectivity index (χ0n) is 13.7. The Morgan fingerprint density at radius 2 is 1.96 bits per heavy atom. The maximum atomic E-state index is 12.5. The summed E-state index contributed by atoms with van der Waals surface area (Å²) < 4.78 is 5.49. The second-order valence-electron chi connectivity index (χ2n) is 6.69. The van der Waals surface area contributed by atoms with Gasteiger partial charge in [-0.05, 0) is 11.0 Å². The number of benzene rings is 1. The second-order valence-corrected chi connectivity index (χ2v) is 7.80. The summed E-state index contributed by atoms with van der Waals surface area (Å²) in [6, 6.07) is 8.81. The molecule has 5 nitrogen and oxygen atoms in total. The Hall–Kier alpha value is -1.53. The number of rotatable bonds is 5. The van der Waals surface area contributed by atoms with Crippen molar-refractivity contribution in [3.8, 4) is 0 Å². The van der Waals surface area contributed by atoms with Crippen LogP contribution in [0.15, 0.2) is 30.3 Å². The maximum absolute atomic E-state index is 12.5. The molecule has 1 aliphatic heterocycles. The third kappa shape index (κ3) is 4.48. The van der Waals surface area contributed by atoms with Gasteiger partial charge in [0.1, 0.15) is 12.6 Å². The summed E-state index contributed by atoms with van der Waals surface area (Å²) in [5.74, 6) is -0.805. The Balaban J connectivity index is 2.00. The van der Waals surface area contributed by atoms with Crippen LogP contribution >= 0.6 is 11.8 Å². The van der Waals surface area contributed by atoms with Crippen molar-refractivity contribution in [3.05, 3.63) is 35.9 Å². The standard InChI is InChI=1S/C17H23NO4S/c1-17(2,3)16-18(13(11-23-16)15(20)21)14(19)10-22-9-12-7-5-4-6-8-12/h4-8,13,16H,9-11H2,1-3H3,(H,20,21). The summed E-state index contributed by atoms with van der Waals surface area (Å²) >= 11 is 1.52. The number of aliphatic carboxylic acids is 1. The molecule has 1 saturated heterocycles. The van der Waals surface area contributed by atoms with Crippen LogP contribution in [-0.4, -0.2) is 45.7 Å². The van der Waals surface area contributed by atoms with Crippen LogP contribution in [-0.2, 0) is 20.9 Å². The van der Waals surface area contributed by atoms with E-state index < -0.39 is 12.0 Å². The molecule has 2 atom stereocenters. The van der Waals surface area contributed by atoms with E-state index in [0.717, 1.165) is 5.56 Å². The van der Waals surface area contributed by atoms with Gasteiger partial charge in [0.05, 0.1) is 12.0 Å². The fourth-order valence-electron chi connectivity index (χ4n) is 2.57. The number of nitrogens with zero attached hydrogens (tertiary/aromatic N) is 1. The molecule has 1 N–H and O–H groups in total. The molecule has 0 aliphatic carbocycles. The topological polar surface area (TPSA) is 66.8 Å². The van der Waals surface area contributed by atoms with Crippen LogP contribution in [0, 0.1) is 5.41 Å². The first-order valence-electron chi connectivity index (χ1n) is 7.58. The Morgan fingerprint density at radius 3 is 2.52 bits per heavy atom. The molecule has 1 fully saturated rings. The lowest BCUT2D eigenvalue weighted by molar-refractivity contribution is -0.152. The fourth-order valence-corrected chi connectivity index (χ4v) is 4.17. The lowest BCUT2D eigenvalue weighted by atomic mass is 9.94. The van der Waals surface area contributed by atoms with Crippen molar-refractivity contribution in [3.63, 3.8) is 0 Å². The van der Waals surface area contributed by atoms with E-state index in [-0.39, 0.29) is 23.3 Å². The molecule has 0 saturated carbocycles. The molecule has 2 unspecified atom stereocenters. The minimum atomic E-state index is -0.958. The minimum Gasteiger partial charge on any atom is -0.480 e. The lowest BCUT2D eigenvalue weighted by Gasteiger charge is -2.35. The van der Waals surface area contributed by atoms with Crippen molar-refractivity contribution >= 4 is 23.6 Å². The van der Waals surface area contributed by atoms with Gasteiger partial charge in [-0.1, -0.05) is 51.1 Å². The van der Waals surface area contributed by atoms with Crippen molar-refractivity contribution in [2.75, 3.05) is 12.4 Å². The molecule has 6 heteroatoms. The normalized spacial score (nSPS) is 21.4. The third-order valence-electron chi connectivity index (χ3n) is 3.65. The second kappa shape index (κ2) is 7.36. The van der Waals surface area contributed by atoms with Gasteiger partial charge in [-0.3, -0.25) is 4.79 Å². The molecule has 1 amide bonds. The molecular weight excluding hydrogens is 314 g/mol. The number of ether oxygens (including phenoxy) is 1. The van der Waals surface area contributed by atoms with Crippen molar-refractivity contribution in [2.45, 2.75) is 38.8 Å². The van der Waals surface area contributed by atoms with Crippen LogP contribution in [0.1, 0.15) is 26.3 Å². The summed E-state index contributed by atoms with van der Waals surface area (Å²) in [5.41, 5.74) is 0.794. The van der Waals surface area contributed by atoms with Crippen LogP contribution < -0.4 is 0 Å². The van der Waals surface area contributed by atoms with E-state index in [9.17, 15) is 14.7 Å². The van der Waals surface area contributed by atoms with E-state index in [1.807, 2.05) is 51.1 Å². The van der Waals surface area contributed by atoms with Gasteiger partial charge in [0.15, 0.2) is 0 Å². The summed E-state index contributed by atoms with van der Waals surface area (Å²) in [4.78, 5) is 25.5. The van der Waals surface area contributed by atoms with Gasteiger partial charge >= 0.3 is 5.97 Å². The molecule has 2 rings (SSSR count). The first kappa shape index (κ1) is 17.8. The number of thioether (sulfide) groups is 1. The van der Waals surface area contributed by atoms with Crippen LogP contribution in [0.2, 0.25) is 0 Å². The molecule has 0 aromatic heterocycles. The van der Waals surface area contributed by atoms with Gasteiger partial charge in [0, 0.05) is 5.75 Å². The smallest absolute Gasteiger partial charge is 0.327 e. The molecule has 23 heavy (non-hydrogen) atoms. The third-order valence-corrected chi connectivity index (χ3v) is 5.41. The number of hydrogen-bond acceptors (Lipinski definition) is 4. The number of carboxylic acids is 1. The summed E-state index contributed by atoms with van der Waals surface area (Å²) in [7, 11) is 0. The van der Waals surface area contributed by atoms with Crippen LogP contribution in [0.25, 0.3) is 0 Å². The van der Waals surface area contributed by atoms with Gasteiger partial charge in [0.2, 0.25) is 5.91 Å². The van der Waals surface area contributed by atoms with E-state index in [0.29, 0.717) is 12.4 Å². The van der Waals surface area contributed by atoms with Crippen LogP contribution in [0.3, 0.4) is 0 Å². The molecule has 0 radical (unpaired) electrons. The number of hydrogen-bond donors (Lipinski definition) is 1. The molecule has 1 heterocycles. The van der Waals surface area contributed by atoms with Gasteiger partial charge in [-0.15, -0.1) is 11.8 Å². The van der Waals surface area contributed by atoms with Crippen molar-refractivity contribution in [1.82, 2.24) is 4.90 Å². The van der Waals surface area contributed by atoms with Gasteiger partial charge < -0.3 is 14.7 Å². The minimum absolute atomic E-state index is 0.105. The molecule has 0 spiro atoms. The predicted octanol–water partition coefficient (Wildman–Crippen LogP) is 2.60. The number of carbonyl (C=O) groups is 2. The Kier molecular flexibility index (Phi) is 5.70. The molecule has 1 aromatic rings. The highest BCUT2D eigenvalue weighted by Gasteiger charge is 2.46. The number of carboxylic acid groups (broad SMARTS) is 1. The SMILES string of the molecule is CC(C)(C)C1SCC(C(=O)O)N1C(=O)COCc1ccccc1. The zero-order valence-corrected chi connectivity index (χ0v) is 14.5. The maximum Gasteiger partial charge on any atom is 0.327 e.